The van der Waals surface area contributed by atoms with E-state index in [0.717, 1.165) is 24.8 Å². The van der Waals surface area contributed by atoms with Crippen LogP contribution in [-0.2, 0) is 6.42 Å². The van der Waals surface area contributed by atoms with Crippen LogP contribution in [0.4, 0.5) is 0 Å². The van der Waals surface area contributed by atoms with Crippen LogP contribution in [0.25, 0.3) is 0 Å². The molecule has 0 spiro atoms. The highest BCUT2D eigenvalue weighted by atomic mass is 16.3. The van der Waals surface area contributed by atoms with E-state index in [1.807, 2.05) is 0 Å². The molecule has 0 saturated heterocycles. The highest BCUT2D eigenvalue weighted by Crippen LogP contribution is 2.19. The standard InChI is InChI=1S/C14H22O/c1-3-5-7-12-8-10-13(11-9-12)14(15)6-4-2/h8-11,14-15H,3-7H2,1-2H3/t14-/m1/s1. The summed E-state index contributed by atoms with van der Waals surface area (Å²) in [5.74, 6) is 0. The lowest BCUT2D eigenvalue weighted by molar-refractivity contribution is 0.166. The summed E-state index contributed by atoms with van der Waals surface area (Å²) in [4.78, 5) is 0. The molecule has 0 amide bonds. The lowest BCUT2D eigenvalue weighted by atomic mass is 10.0. The molecule has 1 nitrogen and oxygen atoms in total. The molecule has 84 valence electrons. The maximum absolute atomic E-state index is 9.79. The Kier molecular flexibility index (Phi) is 5.41. The molecule has 1 aromatic rings. The molecule has 0 saturated carbocycles. The molecular formula is C14H22O. The van der Waals surface area contributed by atoms with E-state index in [9.17, 15) is 5.11 Å². The zero-order valence-electron chi connectivity index (χ0n) is 9.87. The Morgan fingerprint density at radius 1 is 1.07 bits per heavy atom. The van der Waals surface area contributed by atoms with Gasteiger partial charge in [-0.25, -0.2) is 0 Å². The van der Waals surface area contributed by atoms with Crippen LogP contribution in [0.5, 0.6) is 0 Å². The largest absolute Gasteiger partial charge is 0.388 e. The molecule has 1 atom stereocenters. The third-order valence-corrected chi connectivity index (χ3v) is 2.75. The average molecular weight is 206 g/mol. The predicted octanol–water partition coefficient (Wildman–Crippen LogP) is 3.86. The minimum absolute atomic E-state index is 0.282. The Hall–Kier alpha value is -0.820. The van der Waals surface area contributed by atoms with E-state index in [1.54, 1.807) is 0 Å². The molecular weight excluding hydrogens is 184 g/mol. The topological polar surface area (TPSA) is 20.2 Å². The lowest BCUT2D eigenvalue weighted by Crippen LogP contribution is -1.96. The number of aryl methyl sites for hydroxylation is 1. The molecule has 0 aromatic heterocycles. The van der Waals surface area contributed by atoms with E-state index in [0.29, 0.717) is 0 Å². The highest BCUT2D eigenvalue weighted by molar-refractivity contribution is 5.24. The Morgan fingerprint density at radius 3 is 2.27 bits per heavy atom. The summed E-state index contributed by atoms with van der Waals surface area (Å²) < 4.78 is 0. The van der Waals surface area contributed by atoms with Crippen LogP contribution in [0.3, 0.4) is 0 Å². The maximum atomic E-state index is 9.79. The van der Waals surface area contributed by atoms with Crippen LogP contribution in [0, 0.1) is 0 Å². The normalized spacial score (nSPS) is 12.7. The zero-order chi connectivity index (χ0) is 11.1. The Bertz CT molecular complexity index is 263. The maximum Gasteiger partial charge on any atom is 0.0790 e. The fourth-order valence-corrected chi connectivity index (χ4v) is 1.73. The van der Waals surface area contributed by atoms with Gasteiger partial charge in [-0.1, -0.05) is 51.0 Å². The lowest BCUT2D eigenvalue weighted by Gasteiger charge is -2.10. The molecule has 0 heterocycles. The Balaban J connectivity index is 2.55. The van der Waals surface area contributed by atoms with Crippen molar-refractivity contribution in [3.8, 4) is 0 Å². The first-order valence-electron chi connectivity index (χ1n) is 6.04. The molecule has 15 heavy (non-hydrogen) atoms. The summed E-state index contributed by atoms with van der Waals surface area (Å²) in [6, 6.07) is 8.41. The van der Waals surface area contributed by atoms with Crippen molar-refractivity contribution in [2.24, 2.45) is 0 Å². The first kappa shape index (κ1) is 12.3. The summed E-state index contributed by atoms with van der Waals surface area (Å²) in [7, 11) is 0. The highest BCUT2D eigenvalue weighted by Gasteiger charge is 2.05. The summed E-state index contributed by atoms with van der Waals surface area (Å²) in [6.07, 6.45) is 5.24. The number of benzene rings is 1. The van der Waals surface area contributed by atoms with Gasteiger partial charge in [0.2, 0.25) is 0 Å². The van der Waals surface area contributed by atoms with Gasteiger partial charge < -0.3 is 5.11 Å². The molecule has 1 N–H and O–H groups in total. The average Bonchev–Trinajstić information content (AvgIpc) is 2.27. The van der Waals surface area contributed by atoms with Crippen molar-refractivity contribution < 1.29 is 5.11 Å². The van der Waals surface area contributed by atoms with Crippen molar-refractivity contribution >= 4 is 0 Å². The molecule has 0 aliphatic carbocycles. The van der Waals surface area contributed by atoms with Crippen molar-refractivity contribution in [2.45, 2.75) is 52.1 Å². The molecule has 0 unspecified atom stereocenters. The Labute approximate surface area is 93.1 Å². The molecule has 0 bridgehead atoms. The molecule has 1 aromatic carbocycles. The van der Waals surface area contributed by atoms with Gasteiger partial charge in [0.25, 0.3) is 0 Å². The van der Waals surface area contributed by atoms with E-state index >= 15 is 0 Å². The van der Waals surface area contributed by atoms with Crippen LogP contribution in [0.15, 0.2) is 24.3 Å². The fraction of sp³-hybridized carbons (Fsp3) is 0.571. The van der Waals surface area contributed by atoms with E-state index in [4.69, 9.17) is 0 Å². The number of aliphatic hydroxyl groups excluding tert-OH is 1. The van der Waals surface area contributed by atoms with Gasteiger partial charge in [-0.3, -0.25) is 0 Å². The second-order valence-corrected chi connectivity index (χ2v) is 4.15. The number of unbranched alkanes of at least 4 members (excludes halogenated alkanes) is 1. The molecule has 0 fully saturated rings. The second-order valence-electron chi connectivity index (χ2n) is 4.15. The van der Waals surface area contributed by atoms with Crippen molar-refractivity contribution in [1.29, 1.82) is 0 Å². The van der Waals surface area contributed by atoms with Crippen LogP contribution in [0.1, 0.15) is 56.8 Å². The van der Waals surface area contributed by atoms with E-state index in [2.05, 4.69) is 38.1 Å². The van der Waals surface area contributed by atoms with Gasteiger partial charge in [0.15, 0.2) is 0 Å². The molecule has 1 heteroatoms. The molecule has 0 aliphatic heterocycles. The fourth-order valence-electron chi connectivity index (χ4n) is 1.73. The second kappa shape index (κ2) is 6.62. The first-order valence-corrected chi connectivity index (χ1v) is 6.04. The smallest absolute Gasteiger partial charge is 0.0790 e. The Morgan fingerprint density at radius 2 is 1.73 bits per heavy atom. The van der Waals surface area contributed by atoms with Crippen molar-refractivity contribution in [3.05, 3.63) is 35.4 Å². The van der Waals surface area contributed by atoms with Gasteiger partial charge in [0.1, 0.15) is 0 Å². The van der Waals surface area contributed by atoms with Crippen LogP contribution >= 0.6 is 0 Å². The third-order valence-electron chi connectivity index (χ3n) is 2.75. The predicted molar refractivity (Wildman–Crippen MR) is 64.9 cm³/mol. The molecule has 0 radical (unpaired) electrons. The minimum atomic E-state index is -0.282. The summed E-state index contributed by atoms with van der Waals surface area (Å²) in [6.45, 7) is 4.30. The van der Waals surface area contributed by atoms with E-state index in [1.165, 1.54) is 18.4 Å². The molecule has 1 rings (SSSR count). The number of aliphatic hydroxyl groups is 1. The number of hydrogen-bond acceptors (Lipinski definition) is 1. The van der Waals surface area contributed by atoms with Gasteiger partial charge in [0, 0.05) is 0 Å². The summed E-state index contributed by atoms with van der Waals surface area (Å²) in [5.41, 5.74) is 2.43. The van der Waals surface area contributed by atoms with Crippen molar-refractivity contribution in [3.63, 3.8) is 0 Å². The van der Waals surface area contributed by atoms with E-state index in [-0.39, 0.29) is 6.10 Å². The van der Waals surface area contributed by atoms with Crippen LogP contribution < -0.4 is 0 Å². The van der Waals surface area contributed by atoms with Gasteiger partial charge in [0.05, 0.1) is 6.10 Å². The quantitative estimate of drug-likeness (QED) is 0.749. The minimum Gasteiger partial charge on any atom is -0.388 e. The molecule has 0 aliphatic rings. The summed E-state index contributed by atoms with van der Waals surface area (Å²) >= 11 is 0. The van der Waals surface area contributed by atoms with Gasteiger partial charge in [-0.15, -0.1) is 0 Å². The van der Waals surface area contributed by atoms with Gasteiger partial charge >= 0.3 is 0 Å². The van der Waals surface area contributed by atoms with Crippen LogP contribution in [-0.4, -0.2) is 5.11 Å². The van der Waals surface area contributed by atoms with Crippen molar-refractivity contribution in [1.82, 2.24) is 0 Å². The van der Waals surface area contributed by atoms with Crippen LogP contribution in [0.2, 0.25) is 0 Å². The van der Waals surface area contributed by atoms with Gasteiger partial charge in [-0.2, -0.15) is 0 Å². The number of rotatable bonds is 6. The van der Waals surface area contributed by atoms with Crippen molar-refractivity contribution in [2.75, 3.05) is 0 Å². The zero-order valence-corrected chi connectivity index (χ0v) is 9.87. The SMILES string of the molecule is CCCCc1ccc([C@H](O)CCC)cc1. The van der Waals surface area contributed by atoms with E-state index < -0.39 is 0 Å². The monoisotopic (exact) mass is 206 g/mol. The number of hydrogen-bond donors (Lipinski definition) is 1. The van der Waals surface area contributed by atoms with Gasteiger partial charge in [-0.05, 0) is 30.4 Å². The third kappa shape index (κ3) is 4.05. The first-order chi connectivity index (χ1) is 7.27. The summed E-state index contributed by atoms with van der Waals surface area (Å²) in [5, 5.41) is 9.79.